The Balaban J connectivity index is 1.93. The number of carbonyl (C=O) groups is 3. The van der Waals surface area contributed by atoms with E-state index >= 15 is 0 Å². The van der Waals surface area contributed by atoms with Crippen molar-refractivity contribution in [2.45, 2.75) is 31.7 Å². The molecule has 116 valence electrons. The number of urea groups is 1. The number of carbonyl (C=O) groups excluding carboxylic acids is 3. The van der Waals surface area contributed by atoms with Gasteiger partial charge in [-0.05, 0) is 56.8 Å². The summed E-state index contributed by atoms with van der Waals surface area (Å²) in [5, 5.41) is 2.22. The van der Waals surface area contributed by atoms with Gasteiger partial charge in [-0.3, -0.25) is 19.8 Å². The van der Waals surface area contributed by atoms with Crippen LogP contribution >= 0.6 is 31.9 Å². The molecule has 2 aliphatic rings. The molecule has 6 nitrogen and oxygen atoms in total. The van der Waals surface area contributed by atoms with Crippen LogP contribution in [-0.4, -0.2) is 28.8 Å². The molecule has 1 saturated carbocycles. The molecule has 0 unspecified atom stereocenters. The van der Waals surface area contributed by atoms with Crippen LogP contribution in [0.2, 0.25) is 0 Å². The molecule has 1 aromatic heterocycles. The lowest BCUT2D eigenvalue weighted by Crippen LogP contribution is -2.57. The van der Waals surface area contributed by atoms with Gasteiger partial charge >= 0.3 is 6.03 Å². The van der Waals surface area contributed by atoms with Crippen molar-refractivity contribution in [3.63, 3.8) is 0 Å². The molecular weight excluding hydrogens is 420 g/mol. The second-order valence-electron chi connectivity index (χ2n) is 5.20. The average molecular weight is 432 g/mol. The van der Waals surface area contributed by atoms with E-state index in [-0.39, 0.29) is 11.6 Å². The maximum atomic E-state index is 12.5. The Bertz CT molecular complexity index is 670. The topological polar surface area (TPSA) is 79.6 Å². The SMILES string of the molecule is O=C1NC(=O)N(C2CCCC2)C(=O)/C1=C/c1cc(Br)c(Br)o1. The molecule has 1 N–H and O–H groups in total. The normalized spacial score (nSPS) is 21.8. The van der Waals surface area contributed by atoms with E-state index in [1.54, 1.807) is 6.07 Å². The van der Waals surface area contributed by atoms with Gasteiger partial charge in [0.1, 0.15) is 11.3 Å². The molecule has 2 fully saturated rings. The van der Waals surface area contributed by atoms with E-state index in [1.807, 2.05) is 0 Å². The van der Waals surface area contributed by atoms with Crippen molar-refractivity contribution < 1.29 is 18.8 Å². The Morgan fingerprint density at radius 3 is 2.50 bits per heavy atom. The summed E-state index contributed by atoms with van der Waals surface area (Å²) in [6.07, 6.45) is 4.86. The number of hydrogen-bond acceptors (Lipinski definition) is 4. The van der Waals surface area contributed by atoms with Crippen molar-refractivity contribution in [3.05, 3.63) is 26.5 Å². The predicted molar refractivity (Wildman–Crippen MR) is 84.7 cm³/mol. The average Bonchev–Trinajstić information content (AvgIpc) is 3.06. The van der Waals surface area contributed by atoms with E-state index in [0.29, 0.717) is 14.9 Å². The van der Waals surface area contributed by atoms with Crippen molar-refractivity contribution in [1.82, 2.24) is 10.2 Å². The molecule has 1 saturated heterocycles. The standard InChI is InChI=1S/C14H12Br2N2O4/c15-10-6-8(22-11(10)16)5-9-12(19)17-14(21)18(13(9)20)7-3-1-2-4-7/h5-7H,1-4H2,(H,17,19,21)/b9-5+. The van der Waals surface area contributed by atoms with E-state index in [0.717, 1.165) is 30.6 Å². The van der Waals surface area contributed by atoms with Gasteiger partial charge in [0.15, 0.2) is 4.67 Å². The molecule has 1 aliphatic carbocycles. The highest BCUT2D eigenvalue weighted by Crippen LogP contribution is 2.30. The molecule has 1 aliphatic heterocycles. The Hall–Kier alpha value is -1.41. The van der Waals surface area contributed by atoms with Gasteiger partial charge in [-0.1, -0.05) is 12.8 Å². The summed E-state index contributed by atoms with van der Waals surface area (Å²) in [5.74, 6) is -0.921. The third kappa shape index (κ3) is 2.77. The fraction of sp³-hybridized carbons (Fsp3) is 0.357. The second-order valence-corrected chi connectivity index (χ2v) is 6.78. The predicted octanol–water partition coefficient (Wildman–Crippen LogP) is 3.21. The highest BCUT2D eigenvalue weighted by atomic mass is 79.9. The van der Waals surface area contributed by atoms with Gasteiger partial charge in [-0.2, -0.15) is 0 Å². The number of barbiturate groups is 1. The molecule has 1 aromatic rings. The molecule has 0 spiro atoms. The zero-order valence-corrected chi connectivity index (χ0v) is 14.6. The summed E-state index contributed by atoms with van der Waals surface area (Å²) in [4.78, 5) is 37.6. The first-order valence-electron chi connectivity index (χ1n) is 6.83. The van der Waals surface area contributed by atoms with Crippen LogP contribution in [-0.2, 0) is 9.59 Å². The minimum atomic E-state index is -0.701. The lowest BCUT2D eigenvalue weighted by Gasteiger charge is -2.30. The number of nitrogens with one attached hydrogen (secondary N) is 1. The van der Waals surface area contributed by atoms with Gasteiger partial charge in [0.25, 0.3) is 11.8 Å². The van der Waals surface area contributed by atoms with Crippen LogP contribution in [0.25, 0.3) is 6.08 Å². The van der Waals surface area contributed by atoms with E-state index in [4.69, 9.17) is 4.42 Å². The van der Waals surface area contributed by atoms with E-state index in [2.05, 4.69) is 37.2 Å². The molecule has 0 bridgehead atoms. The summed E-state index contributed by atoms with van der Waals surface area (Å²) in [5.41, 5.74) is -0.0970. The van der Waals surface area contributed by atoms with Crippen molar-refractivity contribution in [2.75, 3.05) is 0 Å². The lowest BCUT2D eigenvalue weighted by molar-refractivity contribution is -0.131. The minimum Gasteiger partial charge on any atom is -0.449 e. The molecule has 8 heteroatoms. The maximum absolute atomic E-state index is 12.5. The van der Waals surface area contributed by atoms with Crippen molar-refractivity contribution >= 4 is 55.8 Å². The number of halogens is 2. The Morgan fingerprint density at radius 2 is 1.91 bits per heavy atom. The number of nitrogens with zero attached hydrogens (tertiary/aromatic N) is 1. The quantitative estimate of drug-likeness (QED) is 0.575. The van der Waals surface area contributed by atoms with Crippen LogP contribution in [0.3, 0.4) is 0 Å². The van der Waals surface area contributed by atoms with Crippen LogP contribution in [0.5, 0.6) is 0 Å². The first-order chi connectivity index (χ1) is 10.5. The molecule has 3 rings (SSSR count). The number of furan rings is 1. The third-order valence-electron chi connectivity index (χ3n) is 3.77. The van der Waals surface area contributed by atoms with Gasteiger partial charge in [0, 0.05) is 6.04 Å². The van der Waals surface area contributed by atoms with Gasteiger partial charge in [0.2, 0.25) is 0 Å². The minimum absolute atomic E-state index is 0.0970. The highest BCUT2D eigenvalue weighted by Gasteiger charge is 2.40. The fourth-order valence-electron chi connectivity index (χ4n) is 2.74. The van der Waals surface area contributed by atoms with Gasteiger partial charge in [0.05, 0.1) is 4.47 Å². The Labute approximate surface area is 143 Å². The number of rotatable bonds is 2. The Morgan fingerprint density at radius 1 is 1.23 bits per heavy atom. The van der Waals surface area contributed by atoms with Gasteiger partial charge in [-0.25, -0.2) is 4.79 Å². The van der Waals surface area contributed by atoms with Crippen LogP contribution in [0.1, 0.15) is 31.4 Å². The summed E-state index contributed by atoms with van der Waals surface area (Å²) in [6.45, 7) is 0. The molecule has 2 heterocycles. The van der Waals surface area contributed by atoms with Crippen molar-refractivity contribution in [3.8, 4) is 0 Å². The van der Waals surface area contributed by atoms with E-state index in [9.17, 15) is 14.4 Å². The number of hydrogen-bond donors (Lipinski definition) is 1. The van der Waals surface area contributed by atoms with Crippen molar-refractivity contribution in [2.24, 2.45) is 0 Å². The highest BCUT2D eigenvalue weighted by molar-refractivity contribution is 9.13. The summed E-state index contributed by atoms with van der Waals surface area (Å²) < 4.78 is 6.50. The fourth-order valence-corrected chi connectivity index (χ4v) is 3.35. The van der Waals surface area contributed by atoms with Gasteiger partial charge in [-0.15, -0.1) is 0 Å². The summed E-state index contributed by atoms with van der Waals surface area (Å²) in [6, 6.07) is 0.855. The van der Waals surface area contributed by atoms with Crippen LogP contribution in [0.4, 0.5) is 4.79 Å². The molecule has 22 heavy (non-hydrogen) atoms. The second kappa shape index (κ2) is 6.00. The smallest absolute Gasteiger partial charge is 0.331 e. The van der Waals surface area contributed by atoms with Crippen molar-refractivity contribution in [1.29, 1.82) is 0 Å². The van der Waals surface area contributed by atoms with E-state index in [1.165, 1.54) is 6.08 Å². The van der Waals surface area contributed by atoms with E-state index < -0.39 is 17.8 Å². The number of imide groups is 2. The zero-order chi connectivity index (χ0) is 15.9. The largest absolute Gasteiger partial charge is 0.449 e. The van der Waals surface area contributed by atoms with Crippen LogP contribution in [0.15, 0.2) is 25.2 Å². The van der Waals surface area contributed by atoms with Crippen LogP contribution in [0, 0.1) is 0 Å². The molecule has 4 amide bonds. The molecule has 0 radical (unpaired) electrons. The maximum Gasteiger partial charge on any atom is 0.331 e. The summed E-state index contributed by atoms with van der Waals surface area (Å²) in [7, 11) is 0. The van der Waals surface area contributed by atoms with Crippen LogP contribution < -0.4 is 5.32 Å². The monoisotopic (exact) mass is 430 g/mol. The first-order valence-corrected chi connectivity index (χ1v) is 8.41. The molecule has 0 atom stereocenters. The van der Waals surface area contributed by atoms with Gasteiger partial charge < -0.3 is 4.42 Å². The lowest BCUT2D eigenvalue weighted by atomic mass is 10.1. The first kappa shape index (κ1) is 15.5. The number of amides is 4. The summed E-state index contributed by atoms with van der Waals surface area (Å²) >= 11 is 6.46. The Kier molecular flexibility index (Phi) is 4.22. The third-order valence-corrected chi connectivity index (χ3v) is 5.48. The zero-order valence-electron chi connectivity index (χ0n) is 11.4. The molecule has 0 aromatic carbocycles. The molecular formula is C14H12Br2N2O4.